The van der Waals surface area contributed by atoms with Gasteiger partial charge in [-0.05, 0) is 22.7 Å². The fourth-order valence-electron chi connectivity index (χ4n) is 4.24. The number of nitrogens with zero attached hydrogens (tertiary/aromatic N) is 2. The zero-order chi connectivity index (χ0) is 23.9. The molecule has 0 aliphatic rings. The summed E-state index contributed by atoms with van der Waals surface area (Å²) < 4.78 is 5.67. The number of rotatable bonds is 6. The van der Waals surface area contributed by atoms with Crippen LogP contribution in [0, 0.1) is 11.3 Å². The Labute approximate surface area is 208 Å². The van der Waals surface area contributed by atoms with Gasteiger partial charge in [0.1, 0.15) is 6.07 Å². The summed E-state index contributed by atoms with van der Waals surface area (Å²) in [5.41, 5.74) is 1.34. The van der Waals surface area contributed by atoms with Crippen LogP contribution in [0.1, 0.15) is 5.56 Å². The Bertz CT molecular complexity index is 1410. The summed E-state index contributed by atoms with van der Waals surface area (Å²) in [4.78, 5) is 0. The second-order valence-electron chi connectivity index (χ2n) is 7.98. The minimum Gasteiger partial charge on any atom is -0.252 e. The largest absolute Gasteiger partial charge is 0.252 e. The van der Waals surface area contributed by atoms with E-state index in [4.69, 9.17) is 4.74 Å². The van der Waals surface area contributed by atoms with Gasteiger partial charge in [0.2, 0.25) is 0 Å². The molecule has 0 amide bonds. The highest BCUT2D eigenvalue weighted by atomic mass is 32.1. The maximum Gasteiger partial charge on any atom is 0.101 e. The number of nitriles is 1. The molecule has 0 N–H and O–H groups in total. The summed E-state index contributed by atoms with van der Waals surface area (Å²) in [5.74, 6) is 0. The maximum absolute atomic E-state index is 9.94. The lowest BCUT2D eigenvalue weighted by atomic mass is 10.2. The first kappa shape index (κ1) is 23.0. The van der Waals surface area contributed by atoms with Gasteiger partial charge in [-0.2, -0.15) is 5.26 Å². The molecular weight excluding hydrogens is 462 g/mol. The minimum atomic E-state index is -2.48. The quantitative estimate of drug-likeness (QED) is 0.236. The molecule has 5 rings (SSSR count). The summed E-state index contributed by atoms with van der Waals surface area (Å²) in [5, 5.41) is 14.9. The normalized spacial score (nSPS) is 11.1. The molecule has 5 aromatic rings. The van der Waals surface area contributed by atoms with Gasteiger partial charge in [0.05, 0.1) is 18.0 Å². The number of benzene rings is 5. The van der Waals surface area contributed by atoms with Crippen molar-refractivity contribution in [2.75, 3.05) is 0 Å². The van der Waals surface area contributed by atoms with Crippen LogP contribution in [0.4, 0.5) is 5.69 Å². The highest BCUT2D eigenvalue weighted by Crippen LogP contribution is 2.75. The molecule has 4 heteroatoms. The van der Waals surface area contributed by atoms with Crippen molar-refractivity contribution < 1.29 is 0 Å². The molecule has 0 heterocycles. The van der Waals surface area contributed by atoms with E-state index in [1.807, 2.05) is 24.3 Å². The van der Waals surface area contributed by atoms with Gasteiger partial charge in [0.25, 0.3) is 0 Å². The number of hydrogen-bond acceptors (Lipinski definition) is 2. The van der Waals surface area contributed by atoms with E-state index in [0.29, 0.717) is 5.56 Å². The lowest BCUT2D eigenvalue weighted by molar-refractivity contribution is 1.45. The fraction of sp³-hybridized carbons (Fsp3) is 0. The summed E-state index contributed by atoms with van der Waals surface area (Å²) in [7, 11) is -0.957. The van der Waals surface area contributed by atoms with Crippen molar-refractivity contribution in [2.45, 2.75) is 0 Å². The van der Waals surface area contributed by atoms with Gasteiger partial charge < -0.3 is 0 Å². The van der Waals surface area contributed by atoms with Gasteiger partial charge in [0.15, 0.2) is 0 Å². The first-order chi connectivity index (χ1) is 17.3. The van der Waals surface area contributed by atoms with Crippen molar-refractivity contribution in [3.63, 3.8) is 0 Å². The van der Waals surface area contributed by atoms with Crippen LogP contribution in [-0.2, 0) is 0 Å². The predicted octanol–water partition coefficient (Wildman–Crippen LogP) is 7.09. The van der Waals surface area contributed by atoms with E-state index >= 15 is 0 Å². The van der Waals surface area contributed by atoms with Gasteiger partial charge in [-0.25, -0.2) is 0 Å². The highest BCUT2D eigenvalue weighted by Gasteiger charge is 2.36. The Morgan fingerprint density at radius 2 is 0.914 bits per heavy atom. The van der Waals surface area contributed by atoms with Crippen molar-refractivity contribution in [2.24, 2.45) is 4.74 Å². The lowest BCUT2D eigenvalue weighted by Gasteiger charge is -2.35. The van der Waals surface area contributed by atoms with Crippen LogP contribution in [0.3, 0.4) is 0 Å². The molecule has 0 aliphatic heterocycles. The molecule has 0 saturated carbocycles. The summed E-state index contributed by atoms with van der Waals surface area (Å²) in [6, 6.07) is 52.9. The zero-order valence-corrected chi connectivity index (χ0v) is 20.9. The van der Waals surface area contributed by atoms with Gasteiger partial charge in [-0.15, -0.1) is 0 Å². The predicted molar refractivity (Wildman–Crippen MR) is 151 cm³/mol. The van der Waals surface area contributed by atoms with Crippen LogP contribution in [0.25, 0.3) is 0 Å². The number of hydrogen-bond donors (Lipinski definition) is 0. The van der Waals surface area contributed by atoms with Gasteiger partial charge in [0, 0.05) is 18.2 Å². The molecule has 0 atom stereocenters. The molecule has 0 bridgehead atoms. The molecule has 35 heavy (non-hydrogen) atoms. The van der Waals surface area contributed by atoms with E-state index in [0.717, 1.165) is 5.69 Å². The third-order valence-electron chi connectivity index (χ3n) is 5.80. The SMILES string of the molecule is N#Cc1ccccc1N=P(c1ccccc1)(c1ccccc1)P(c1ccccc1)c1ccccc1. The zero-order valence-electron chi connectivity index (χ0n) is 19.1. The van der Waals surface area contributed by atoms with E-state index in [9.17, 15) is 5.26 Å². The Hall–Kier alpha value is -3.75. The molecule has 0 unspecified atom stereocenters. The molecule has 0 fully saturated rings. The van der Waals surface area contributed by atoms with E-state index in [1.54, 1.807) is 0 Å². The summed E-state index contributed by atoms with van der Waals surface area (Å²) in [6.07, 6.45) is 0. The maximum atomic E-state index is 9.94. The molecule has 0 aliphatic carbocycles. The standard InChI is InChI=1S/C31H24N2P2/c32-25-26-15-13-14-24-31(26)33-35(29-20-9-3-10-21-29,30-22-11-4-12-23-30)34(27-16-5-1-6-17-27)28-18-7-2-8-19-28/h1-24H. The average molecular weight is 486 g/mol. The van der Waals surface area contributed by atoms with Crippen molar-refractivity contribution >= 4 is 41.3 Å². The highest BCUT2D eigenvalue weighted by molar-refractivity contribution is 8.45. The molecular formula is C31H24N2P2. The summed E-state index contributed by atoms with van der Waals surface area (Å²) >= 11 is 0. The van der Waals surface area contributed by atoms with Crippen LogP contribution >= 0.6 is 14.4 Å². The van der Waals surface area contributed by atoms with Crippen molar-refractivity contribution in [1.29, 1.82) is 5.26 Å². The lowest BCUT2D eigenvalue weighted by Crippen LogP contribution is -2.23. The first-order valence-corrected chi connectivity index (χ1v) is 15.3. The smallest absolute Gasteiger partial charge is 0.101 e. The molecule has 0 spiro atoms. The van der Waals surface area contributed by atoms with Crippen LogP contribution in [0.15, 0.2) is 150 Å². The van der Waals surface area contributed by atoms with Crippen LogP contribution in [0.2, 0.25) is 0 Å². The Balaban J connectivity index is 1.99. The third kappa shape index (κ3) is 4.62. The third-order valence-corrected chi connectivity index (χ3v) is 15.3. The molecule has 168 valence electrons. The van der Waals surface area contributed by atoms with Crippen LogP contribution in [-0.4, -0.2) is 0 Å². The molecule has 5 aromatic carbocycles. The van der Waals surface area contributed by atoms with Gasteiger partial charge in [-0.3, -0.25) is 4.74 Å². The van der Waals surface area contributed by atoms with Crippen molar-refractivity contribution in [3.05, 3.63) is 151 Å². The van der Waals surface area contributed by atoms with Crippen LogP contribution in [0.5, 0.6) is 0 Å². The fourth-order valence-corrected chi connectivity index (χ4v) is 14.4. The van der Waals surface area contributed by atoms with Crippen molar-refractivity contribution in [1.82, 2.24) is 0 Å². The Kier molecular flexibility index (Phi) is 7.02. The average Bonchev–Trinajstić information content (AvgIpc) is 2.95. The van der Waals surface area contributed by atoms with E-state index < -0.39 is 14.4 Å². The van der Waals surface area contributed by atoms with Gasteiger partial charge >= 0.3 is 0 Å². The monoisotopic (exact) mass is 486 g/mol. The second kappa shape index (κ2) is 10.7. The van der Waals surface area contributed by atoms with E-state index in [1.165, 1.54) is 21.2 Å². The summed E-state index contributed by atoms with van der Waals surface area (Å²) in [6.45, 7) is -2.48. The van der Waals surface area contributed by atoms with Crippen molar-refractivity contribution in [3.8, 4) is 6.07 Å². The molecule has 2 nitrogen and oxygen atoms in total. The minimum absolute atomic E-state index is 0.597. The van der Waals surface area contributed by atoms with E-state index in [-0.39, 0.29) is 0 Å². The van der Waals surface area contributed by atoms with E-state index in [2.05, 4.69) is 127 Å². The topological polar surface area (TPSA) is 36.1 Å². The van der Waals surface area contributed by atoms with Gasteiger partial charge in [-0.1, -0.05) is 133 Å². The molecule has 0 saturated heterocycles. The first-order valence-electron chi connectivity index (χ1n) is 11.5. The Morgan fingerprint density at radius 1 is 0.514 bits per heavy atom. The second-order valence-corrected chi connectivity index (χ2v) is 15.0. The Morgan fingerprint density at radius 3 is 1.37 bits per heavy atom. The molecule has 0 aromatic heterocycles. The molecule has 0 radical (unpaired) electrons. The van der Waals surface area contributed by atoms with Crippen LogP contribution < -0.4 is 21.2 Å².